The molecule has 4 aromatic rings. The highest BCUT2D eigenvalue weighted by molar-refractivity contribution is 6.29. The molecule has 164 valence electrons. The molecule has 1 N–H and O–H groups in total. The monoisotopic (exact) mass is 455 g/mol. The van der Waals surface area contributed by atoms with Gasteiger partial charge in [-0.2, -0.15) is 0 Å². The number of fused-ring (bicyclic) bond motifs is 4. The summed E-state index contributed by atoms with van der Waals surface area (Å²) in [6, 6.07) is 22.4. The molecule has 0 saturated carbocycles. The van der Waals surface area contributed by atoms with E-state index in [1.807, 2.05) is 54.6 Å². The molecule has 0 unspecified atom stereocenters. The lowest BCUT2D eigenvalue weighted by atomic mass is 9.98. The van der Waals surface area contributed by atoms with E-state index in [9.17, 15) is 4.79 Å². The van der Waals surface area contributed by atoms with Gasteiger partial charge in [-0.05, 0) is 46.4 Å². The summed E-state index contributed by atoms with van der Waals surface area (Å²) in [6.07, 6.45) is 5.81. The molecule has 1 aromatic heterocycles. The third kappa shape index (κ3) is 4.59. The van der Waals surface area contributed by atoms with Crippen LogP contribution in [0.2, 0.25) is 5.15 Å². The number of carbonyl (C=O) groups excluding carboxylic acids is 1. The Morgan fingerprint density at radius 3 is 2.48 bits per heavy atom. The highest BCUT2D eigenvalue weighted by Crippen LogP contribution is 2.44. The molecule has 0 saturated heterocycles. The number of alkyl carbamates (subject to hydrolysis) is 1. The van der Waals surface area contributed by atoms with Crippen molar-refractivity contribution < 1.29 is 9.53 Å². The van der Waals surface area contributed by atoms with Crippen LogP contribution < -0.4 is 5.32 Å². The lowest BCUT2D eigenvalue weighted by Gasteiger charge is -2.14. The molecule has 1 aliphatic carbocycles. The van der Waals surface area contributed by atoms with Crippen molar-refractivity contribution in [3.05, 3.63) is 101 Å². The van der Waals surface area contributed by atoms with Crippen LogP contribution in [-0.2, 0) is 4.74 Å². The maximum atomic E-state index is 12.3. The van der Waals surface area contributed by atoms with Crippen molar-refractivity contribution in [3.8, 4) is 11.1 Å². The number of amides is 1. The predicted octanol–water partition coefficient (Wildman–Crippen LogP) is 6.23. The van der Waals surface area contributed by atoms with Gasteiger partial charge in [-0.3, -0.25) is 4.98 Å². The molecule has 6 heteroatoms. The molecule has 33 heavy (non-hydrogen) atoms. The number of halogens is 1. The second-order valence-corrected chi connectivity index (χ2v) is 8.27. The fourth-order valence-electron chi connectivity index (χ4n) is 4.24. The molecule has 3 aromatic carbocycles. The second kappa shape index (κ2) is 9.43. The summed E-state index contributed by atoms with van der Waals surface area (Å²) in [4.78, 5) is 20.8. The first kappa shape index (κ1) is 21.2. The number of ether oxygens (including phenoxy) is 1. The van der Waals surface area contributed by atoms with Crippen molar-refractivity contribution in [3.63, 3.8) is 0 Å². The van der Waals surface area contributed by atoms with Crippen LogP contribution in [0.3, 0.4) is 0 Å². The van der Waals surface area contributed by atoms with Gasteiger partial charge in [-0.25, -0.2) is 9.78 Å². The van der Waals surface area contributed by atoms with Crippen LogP contribution in [0.1, 0.15) is 29.0 Å². The number of nitrogens with one attached hydrogen (secondary N) is 1. The summed E-state index contributed by atoms with van der Waals surface area (Å²) in [5.41, 5.74) is 7.39. The number of hydrogen-bond donors (Lipinski definition) is 1. The van der Waals surface area contributed by atoms with Crippen LogP contribution in [0, 0.1) is 0 Å². The van der Waals surface area contributed by atoms with Gasteiger partial charge in [0.1, 0.15) is 11.8 Å². The molecule has 5 nitrogen and oxygen atoms in total. The van der Waals surface area contributed by atoms with E-state index in [4.69, 9.17) is 16.3 Å². The van der Waals surface area contributed by atoms with Gasteiger partial charge in [-0.15, -0.1) is 0 Å². The molecule has 0 bridgehead atoms. The molecule has 1 heterocycles. The average molecular weight is 456 g/mol. The van der Waals surface area contributed by atoms with Crippen molar-refractivity contribution >= 4 is 34.8 Å². The minimum Gasteiger partial charge on any atom is -0.449 e. The maximum absolute atomic E-state index is 12.3. The van der Waals surface area contributed by atoms with Gasteiger partial charge in [0.25, 0.3) is 0 Å². The van der Waals surface area contributed by atoms with Crippen LogP contribution in [0.15, 0.2) is 79.0 Å². The first-order valence-corrected chi connectivity index (χ1v) is 11.2. The van der Waals surface area contributed by atoms with E-state index in [2.05, 4.69) is 39.6 Å². The van der Waals surface area contributed by atoms with Gasteiger partial charge < -0.3 is 10.1 Å². The third-order valence-electron chi connectivity index (χ3n) is 5.77. The van der Waals surface area contributed by atoms with Gasteiger partial charge in [0.2, 0.25) is 0 Å². The number of rotatable bonds is 6. The summed E-state index contributed by atoms with van der Waals surface area (Å²) >= 11 is 5.92. The molecule has 5 rings (SSSR count). The molecule has 0 aliphatic heterocycles. The summed E-state index contributed by atoms with van der Waals surface area (Å²) in [6.45, 7) is 0.808. The summed E-state index contributed by atoms with van der Waals surface area (Å²) < 4.78 is 5.56. The number of benzene rings is 3. The van der Waals surface area contributed by atoms with Crippen LogP contribution in [0.25, 0.3) is 28.2 Å². The smallest absolute Gasteiger partial charge is 0.407 e. The lowest BCUT2D eigenvalue weighted by Crippen LogP contribution is -2.26. The Labute approximate surface area is 197 Å². The zero-order chi connectivity index (χ0) is 22.6. The maximum Gasteiger partial charge on any atom is 0.407 e. The van der Waals surface area contributed by atoms with Crippen molar-refractivity contribution in [1.29, 1.82) is 0 Å². The lowest BCUT2D eigenvalue weighted by molar-refractivity contribution is 0.143. The molecular weight excluding hydrogens is 434 g/mol. The first-order valence-electron chi connectivity index (χ1n) is 10.9. The minimum atomic E-state index is -0.402. The zero-order valence-corrected chi connectivity index (χ0v) is 18.6. The Morgan fingerprint density at radius 2 is 1.73 bits per heavy atom. The summed E-state index contributed by atoms with van der Waals surface area (Å²) in [5.74, 6) is 0.0625. The normalized spacial score (nSPS) is 12.6. The topological polar surface area (TPSA) is 64.1 Å². The van der Waals surface area contributed by atoms with E-state index < -0.39 is 6.09 Å². The average Bonchev–Trinajstić information content (AvgIpc) is 3.16. The van der Waals surface area contributed by atoms with Crippen LogP contribution >= 0.6 is 11.6 Å². The van der Waals surface area contributed by atoms with E-state index >= 15 is 0 Å². The van der Waals surface area contributed by atoms with Gasteiger partial charge in [0.05, 0.1) is 17.2 Å². The van der Waals surface area contributed by atoms with E-state index in [1.54, 1.807) is 0 Å². The SMILES string of the molecule is O=C(NCCC=Cc1ccc2ncc(Cl)nc2c1)OCC1c2ccccc2-c2ccccc21. The Bertz CT molecular complexity index is 1310. The predicted molar refractivity (Wildman–Crippen MR) is 131 cm³/mol. The number of aromatic nitrogens is 2. The van der Waals surface area contributed by atoms with E-state index in [0.29, 0.717) is 24.7 Å². The zero-order valence-electron chi connectivity index (χ0n) is 17.9. The van der Waals surface area contributed by atoms with Gasteiger partial charge >= 0.3 is 6.09 Å². The molecule has 0 spiro atoms. The van der Waals surface area contributed by atoms with Crippen molar-refractivity contribution in [2.24, 2.45) is 0 Å². The molecule has 1 amide bonds. The van der Waals surface area contributed by atoms with E-state index in [1.165, 1.54) is 28.5 Å². The van der Waals surface area contributed by atoms with Crippen LogP contribution in [-0.4, -0.2) is 29.2 Å². The second-order valence-electron chi connectivity index (χ2n) is 7.88. The van der Waals surface area contributed by atoms with Crippen molar-refractivity contribution in [1.82, 2.24) is 15.3 Å². The number of carbonyl (C=O) groups is 1. The Balaban J connectivity index is 1.12. The molecular formula is C27H22ClN3O2. The highest BCUT2D eigenvalue weighted by atomic mass is 35.5. The summed E-state index contributed by atoms with van der Waals surface area (Å²) in [5, 5.41) is 3.20. The van der Waals surface area contributed by atoms with Gasteiger partial charge in [-0.1, -0.05) is 78.4 Å². The Hall–Kier alpha value is -3.70. The van der Waals surface area contributed by atoms with Crippen molar-refractivity contribution in [2.75, 3.05) is 13.2 Å². The molecule has 1 aliphatic rings. The van der Waals surface area contributed by atoms with Crippen LogP contribution in [0.4, 0.5) is 4.79 Å². The van der Waals surface area contributed by atoms with Gasteiger partial charge in [0, 0.05) is 12.5 Å². The molecule has 0 fully saturated rings. The quantitative estimate of drug-likeness (QED) is 0.350. The summed E-state index contributed by atoms with van der Waals surface area (Å²) in [7, 11) is 0. The van der Waals surface area contributed by atoms with Crippen LogP contribution in [0.5, 0.6) is 0 Å². The van der Waals surface area contributed by atoms with Gasteiger partial charge in [0.15, 0.2) is 0 Å². The molecule has 0 atom stereocenters. The fraction of sp³-hybridized carbons (Fsp3) is 0.148. The highest BCUT2D eigenvalue weighted by Gasteiger charge is 2.28. The van der Waals surface area contributed by atoms with E-state index in [0.717, 1.165) is 16.6 Å². The third-order valence-corrected chi connectivity index (χ3v) is 5.95. The Kier molecular flexibility index (Phi) is 6.05. The number of nitrogens with zero attached hydrogens (tertiary/aromatic N) is 2. The first-order chi connectivity index (χ1) is 16.2. The van der Waals surface area contributed by atoms with E-state index in [-0.39, 0.29) is 5.92 Å². The number of hydrogen-bond acceptors (Lipinski definition) is 4. The Morgan fingerprint density at radius 1 is 1.00 bits per heavy atom. The standard InChI is InChI=1S/C27H22ClN3O2/c28-26-16-30-24-13-12-18(15-25(24)31-26)7-5-6-14-29-27(32)33-17-23-21-10-3-1-8-19(21)20-9-2-4-11-22(20)23/h1-5,7-13,15-16,23H,6,14,17H2,(H,29,32). The van der Waals surface area contributed by atoms with Crippen molar-refractivity contribution in [2.45, 2.75) is 12.3 Å². The fourth-order valence-corrected chi connectivity index (χ4v) is 4.38. The largest absolute Gasteiger partial charge is 0.449 e. The molecule has 0 radical (unpaired) electrons. The minimum absolute atomic E-state index is 0.0625.